The Morgan fingerprint density at radius 2 is 1.64 bits per heavy atom. The van der Waals surface area contributed by atoms with Crippen LogP contribution in [0.1, 0.15) is 16.8 Å². The number of ether oxygens (including phenoxy) is 3. The SMILES string of the molecule is COC(=O)C(C(=O)OC)[C@H]1C=CCCN1C(=O)c1ccc(OC)cc1. The van der Waals surface area contributed by atoms with Crippen molar-refractivity contribution in [2.24, 2.45) is 5.92 Å². The number of carbonyl (C=O) groups is 3. The molecule has 1 aromatic carbocycles. The van der Waals surface area contributed by atoms with E-state index in [1.807, 2.05) is 6.08 Å². The molecular weight excluding hydrogens is 326 g/mol. The van der Waals surface area contributed by atoms with E-state index in [9.17, 15) is 14.4 Å². The molecule has 7 nitrogen and oxygen atoms in total. The van der Waals surface area contributed by atoms with Crippen molar-refractivity contribution in [1.29, 1.82) is 0 Å². The summed E-state index contributed by atoms with van der Waals surface area (Å²) in [7, 11) is 3.93. The summed E-state index contributed by atoms with van der Waals surface area (Å²) >= 11 is 0. The van der Waals surface area contributed by atoms with Gasteiger partial charge in [-0.05, 0) is 30.7 Å². The maximum atomic E-state index is 12.9. The van der Waals surface area contributed by atoms with E-state index in [0.717, 1.165) is 0 Å². The van der Waals surface area contributed by atoms with Crippen molar-refractivity contribution in [2.45, 2.75) is 12.5 Å². The number of amides is 1. The molecule has 0 N–H and O–H groups in total. The minimum Gasteiger partial charge on any atom is -0.497 e. The maximum Gasteiger partial charge on any atom is 0.322 e. The van der Waals surface area contributed by atoms with Crippen LogP contribution in [0.25, 0.3) is 0 Å². The van der Waals surface area contributed by atoms with Crippen LogP contribution >= 0.6 is 0 Å². The Morgan fingerprint density at radius 3 is 2.16 bits per heavy atom. The number of carbonyl (C=O) groups excluding carboxylic acids is 3. The van der Waals surface area contributed by atoms with Crippen LogP contribution in [0.15, 0.2) is 36.4 Å². The molecule has 0 aliphatic carbocycles. The zero-order chi connectivity index (χ0) is 18.4. The molecule has 0 unspecified atom stereocenters. The van der Waals surface area contributed by atoms with Crippen molar-refractivity contribution in [1.82, 2.24) is 4.90 Å². The molecule has 1 aromatic rings. The van der Waals surface area contributed by atoms with Crippen LogP contribution in [0.4, 0.5) is 0 Å². The minimum atomic E-state index is -1.23. The zero-order valence-electron chi connectivity index (χ0n) is 14.4. The number of hydrogen-bond donors (Lipinski definition) is 0. The lowest BCUT2D eigenvalue weighted by Gasteiger charge is -2.35. The molecule has 1 atom stereocenters. The minimum absolute atomic E-state index is 0.283. The van der Waals surface area contributed by atoms with Crippen molar-refractivity contribution in [3.05, 3.63) is 42.0 Å². The second kappa shape index (κ2) is 8.32. The number of rotatable bonds is 5. The normalized spacial score (nSPS) is 16.5. The molecule has 0 radical (unpaired) electrons. The first-order valence-electron chi connectivity index (χ1n) is 7.80. The van der Waals surface area contributed by atoms with Gasteiger partial charge in [-0.1, -0.05) is 12.2 Å². The predicted octanol–water partition coefficient (Wildman–Crippen LogP) is 1.43. The molecule has 25 heavy (non-hydrogen) atoms. The summed E-state index contributed by atoms with van der Waals surface area (Å²) < 4.78 is 14.5. The second-order valence-electron chi connectivity index (χ2n) is 5.46. The van der Waals surface area contributed by atoms with Gasteiger partial charge in [-0.25, -0.2) is 0 Å². The molecule has 1 aliphatic rings. The smallest absolute Gasteiger partial charge is 0.322 e. The largest absolute Gasteiger partial charge is 0.497 e. The molecule has 1 aliphatic heterocycles. The Kier molecular flexibility index (Phi) is 6.16. The van der Waals surface area contributed by atoms with Gasteiger partial charge in [0.1, 0.15) is 5.75 Å². The van der Waals surface area contributed by atoms with E-state index in [2.05, 4.69) is 0 Å². The molecular formula is C18H21NO6. The van der Waals surface area contributed by atoms with E-state index < -0.39 is 23.9 Å². The quantitative estimate of drug-likeness (QED) is 0.455. The summed E-state index contributed by atoms with van der Waals surface area (Å²) in [6.45, 7) is 0.385. The van der Waals surface area contributed by atoms with Gasteiger partial charge >= 0.3 is 11.9 Å². The summed E-state index contributed by atoms with van der Waals surface area (Å²) in [5, 5.41) is 0. The number of benzene rings is 1. The highest BCUT2D eigenvalue weighted by atomic mass is 16.5. The molecule has 2 rings (SSSR count). The number of methoxy groups -OCH3 is 3. The topological polar surface area (TPSA) is 82.1 Å². The van der Waals surface area contributed by atoms with Crippen LogP contribution in [-0.2, 0) is 19.1 Å². The van der Waals surface area contributed by atoms with Gasteiger partial charge in [0.05, 0.1) is 27.4 Å². The molecule has 7 heteroatoms. The van der Waals surface area contributed by atoms with Gasteiger partial charge in [-0.2, -0.15) is 0 Å². The van der Waals surface area contributed by atoms with Crippen LogP contribution in [0.5, 0.6) is 5.75 Å². The molecule has 0 fully saturated rings. The third-order valence-corrected chi connectivity index (χ3v) is 4.08. The highest BCUT2D eigenvalue weighted by molar-refractivity contribution is 5.99. The zero-order valence-corrected chi connectivity index (χ0v) is 14.4. The summed E-state index contributed by atoms with van der Waals surface area (Å²) in [5.41, 5.74) is 0.439. The Bertz CT molecular complexity index is 651. The lowest BCUT2D eigenvalue weighted by molar-refractivity contribution is -0.160. The Morgan fingerprint density at radius 1 is 1.04 bits per heavy atom. The van der Waals surface area contributed by atoms with Gasteiger partial charge < -0.3 is 19.1 Å². The van der Waals surface area contributed by atoms with Gasteiger partial charge in [0, 0.05) is 12.1 Å². The van der Waals surface area contributed by atoms with Crippen molar-refractivity contribution < 1.29 is 28.6 Å². The van der Waals surface area contributed by atoms with Crippen LogP contribution in [-0.4, -0.2) is 56.7 Å². The van der Waals surface area contributed by atoms with Crippen molar-refractivity contribution in [2.75, 3.05) is 27.9 Å². The third-order valence-electron chi connectivity index (χ3n) is 4.08. The lowest BCUT2D eigenvalue weighted by atomic mass is 9.94. The molecule has 1 heterocycles. The first-order valence-corrected chi connectivity index (χ1v) is 7.80. The summed E-state index contributed by atoms with van der Waals surface area (Å²) in [6, 6.07) is 5.88. The fourth-order valence-electron chi connectivity index (χ4n) is 2.76. The van der Waals surface area contributed by atoms with Crippen LogP contribution in [0.2, 0.25) is 0 Å². The van der Waals surface area contributed by atoms with Crippen LogP contribution < -0.4 is 4.74 Å². The monoisotopic (exact) mass is 347 g/mol. The Labute approximate surface area is 146 Å². The molecule has 134 valence electrons. The van der Waals surface area contributed by atoms with Gasteiger partial charge in [0.2, 0.25) is 0 Å². The van der Waals surface area contributed by atoms with Gasteiger partial charge in [-0.3, -0.25) is 14.4 Å². The van der Waals surface area contributed by atoms with Gasteiger partial charge in [0.15, 0.2) is 5.92 Å². The second-order valence-corrected chi connectivity index (χ2v) is 5.46. The molecule has 0 aromatic heterocycles. The van der Waals surface area contributed by atoms with E-state index in [-0.39, 0.29) is 5.91 Å². The highest BCUT2D eigenvalue weighted by Crippen LogP contribution is 2.24. The van der Waals surface area contributed by atoms with Crippen LogP contribution in [0.3, 0.4) is 0 Å². The summed E-state index contributed by atoms with van der Waals surface area (Å²) in [6.07, 6.45) is 4.14. The Balaban J connectivity index is 2.33. The Hall–Kier alpha value is -2.83. The van der Waals surface area contributed by atoms with E-state index in [4.69, 9.17) is 14.2 Å². The number of esters is 2. The third kappa shape index (κ3) is 3.99. The molecule has 0 saturated carbocycles. The first-order chi connectivity index (χ1) is 12.0. The summed E-state index contributed by atoms with van der Waals surface area (Å²) in [4.78, 5) is 38.5. The predicted molar refractivity (Wildman–Crippen MR) is 89.1 cm³/mol. The standard InChI is InChI=1S/C18H21NO6/c1-23-13-9-7-12(8-10-13)16(20)19-11-5-4-6-14(19)15(17(21)24-2)18(22)25-3/h4,6-10,14-15H,5,11H2,1-3H3/t14-/m1/s1. The van der Waals surface area contributed by atoms with E-state index in [1.54, 1.807) is 37.5 Å². The van der Waals surface area contributed by atoms with Gasteiger partial charge in [0.25, 0.3) is 5.91 Å². The highest BCUT2D eigenvalue weighted by Gasteiger charge is 2.41. The van der Waals surface area contributed by atoms with Gasteiger partial charge in [-0.15, -0.1) is 0 Å². The first kappa shape index (κ1) is 18.5. The van der Waals surface area contributed by atoms with E-state index >= 15 is 0 Å². The average molecular weight is 347 g/mol. The fraction of sp³-hybridized carbons (Fsp3) is 0.389. The number of nitrogens with zero attached hydrogens (tertiary/aromatic N) is 1. The molecule has 1 amide bonds. The van der Waals surface area contributed by atoms with Crippen molar-refractivity contribution in [3.63, 3.8) is 0 Å². The molecule has 0 spiro atoms. The average Bonchev–Trinajstić information content (AvgIpc) is 2.67. The number of hydrogen-bond acceptors (Lipinski definition) is 6. The molecule has 0 bridgehead atoms. The van der Waals surface area contributed by atoms with Crippen LogP contribution in [0, 0.1) is 5.92 Å². The van der Waals surface area contributed by atoms with E-state index in [1.165, 1.54) is 19.1 Å². The lowest BCUT2D eigenvalue weighted by Crippen LogP contribution is -2.50. The maximum absolute atomic E-state index is 12.9. The molecule has 0 saturated heterocycles. The van der Waals surface area contributed by atoms with Crippen molar-refractivity contribution in [3.8, 4) is 5.75 Å². The van der Waals surface area contributed by atoms with E-state index in [0.29, 0.717) is 24.3 Å². The fourth-order valence-corrected chi connectivity index (χ4v) is 2.76. The summed E-state index contributed by atoms with van der Waals surface area (Å²) in [5.74, 6) is -2.36. The van der Waals surface area contributed by atoms with Crippen molar-refractivity contribution >= 4 is 17.8 Å².